The summed E-state index contributed by atoms with van der Waals surface area (Å²) in [5.41, 5.74) is 3.19. The smallest absolute Gasteiger partial charge is 0.139 e. The first-order valence-corrected chi connectivity index (χ1v) is 8.44. The van der Waals surface area contributed by atoms with Gasteiger partial charge in [0.05, 0.1) is 5.69 Å². The average Bonchev–Trinajstić information content (AvgIpc) is 2.83. The van der Waals surface area contributed by atoms with Gasteiger partial charge in [0.1, 0.15) is 11.6 Å². The van der Waals surface area contributed by atoms with Gasteiger partial charge in [-0.2, -0.15) is 10.2 Å². The second kappa shape index (κ2) is 6.80. The summed E-state index contributed by atoms with van der Waals surface area (Å²) in [6.07, 6.45) is 1.56. The van der Waals surface area contributed by atoms with Crippen molar-refractivity contribution >= 4 is 11.4 Å². The van der Waals surface area contributed by atoms with E-state index in [1.165, 1.54) is 12.1 Å². The molecule has 0 fully saturated rings. The molecule has 3 aromatic rings. The minimum atomic E-state index is -0.288. The van der Waals surface area contributed by atoms with Gasteiger partial charge in [0, 0.05) is 48.3 Å². The number of aromatic nitrogens is 2. The van der Waals surface area contributed by atoms with Crippen LogP contribution in [-0.4, -0.2) is 35.2 Å². The maximum Gasteiger partial charge on any atom is 0.139 e. The van der Waals surface area contributed by atoms with Crippen molar-refractivity contribution in [3.05, 3.63) is 71.9 Å². The van der Waals surface area contributed by atoms with E-state index >= 15 is 4.39 Å². The lowest BCUT2D eigenvalue weighted by Crippen LogP contribution is -2.26. The Hall–Kier alpha value is -2.86. The molecule has 0 aliphatic carbocycles. The predicted molar refractivity (Wildman–Crippen MR) is 97.2 cm³/mol. The summed E-state index contributed by atoms with van der Waals surface area (Å²) in [7, 11) is 1.96. The number of hydrogen-bond donors (Lipinski definition) is 0. The Morgan fingerprint density at radius 1 is 0.962 bits per heavy atom. The Morgan fingerprint density at radius 2 is 1.77 bits per heavy atom. The fourth-order valence-corrected chi connectivity index (χ4v) is 3.29. The molecule has 4 rings (SSSR count). The molecule has 132 valence electrons. The van der Waals surface area contributed by atoms with Gasteiger partial charge >= 0.3 is 0 Å². The van der Waals surface area contributed by atoms with Crippen LogP contribution >= 0.6 is 0 Å². The Kier molecular flexibility index (Phi) is 4.34. The second-order valence-corrected chi connectivity index (χ2v) is 6.40. The Bertz CT molecular complexity index is 913. The molecule has 1 aliphatic heterocycles. The van der Waals surface area contributed by atoms with Crippen LogP contribution < -0.4 is 4.90 Å². The molecule has 2 aromatic carbocycles. The number of hydrogen-bond acceptors (Lipinski definition) is 4. The van der Waals surface area contributed by atoms with Crippen LogP contribution in [0, 0.1) is 11.6 Å². The normalized spacial score (nSPS) is 14.8. The van der Waals surface area contributed by atoms with E-state index in [0.717, 1.165) is 17.9 Å². The fourth-order valence-electron chi connectivity index (χ4n) is 3.29. The molecule has 0 bridgehead atoms. The third-order valence-electron chi connectivity index (χ3n) is 4.63. The highest BCUT2D eigenvalue weighted by Gasteiger charge is 2.24. The minimum absolute atomic E-state index is 0.287. The average molecular weight is 352 g/mol. The van der Waals surface area contributed by atoms with Gasteiger partial charge in [-0.15, -0.1) is 0 Å². The first-order chi connectivity index (χ1) is 12.6. The zero-order valence-corrected chi connectivity index (χ0v) is 14.4. The number of benzene rings is 2. The summed E-state index contributed by atoms with van der Waals surface area (Å²) in [6.45, 7) is 1.96. The van der Waals surface area contributed by atoms with Crippen LogP contribution in [0.25, 0.3) is 11.3 Å². The van der Waals surface area contributed by atoms with Crippen molar-refractivity contribution < 1.29 is 8.78 Å². The van der Waals surface area contributed by atoms with Gasteiger partial charge in [0.15, 0.2) is 0 Å². The number of rotatable bonds is 2. The molecule has 1 aliphatic rings. The van der Waals surface area contributed by atoms with E-state index < -0.39 is 0 Å². The zero-order valence-electron chi connectivity index (χ0n) is 14.4. The molecule has 0 amide bonds. The maximum absolute atomic E-state index is 15.4. The number of likely N-dealkylation sites (N-methyl/N-ethyl adjacent to an activating group) is 1. The molecule has 0 radical (unpaired) electrons. The van der Waals surface area contributed by atoms with E-state index in [-0.39, 0.29) is 11.6 Å². The van der Waals surface area contributed by atoms with E-state index in [9.17, 15) is 4.39 Å². The fraction of sp³-hybridized carbons (Fsp3) is 0.200. The maximum atomic E-state index is 15.4. The van der Waals surface area contributed by atoms with E-state index in [1.54, 1.807) is 36.5 Å². The van der Waals surface area contributed by atoms with E-state index in [0.29, 0.717) is 29.9 Å². The minimum Gasteiger partial charge on any atom is -0.340 e. The van der Waals surface area contributed by atoms with Crippen LogP contribution in [0.2, 0.25) is 0 Å². The lowest BCUT2D eigenvalue weighted by molar-refractivity contribution is 0.338. The molecule has 0 saturated carbocycles. The highest BCUT2D eigenvalue weighted by molar-refractivity contribution is 5.72. The van der Waals surface area contributed by atoms with Gasteiger partial charge in [0.2, 0.25) is 0 Å². The van der Waals surface area contributed by atoms with Gasteiger partial charge in [0.25, 0.3) is 0 Å². The molecule has 0 N–H and O–H groups in total. The number of nitrogens with zero attached hydrogens (tertiary/aromatic N) is 4. The Morgan fingerprint density at radius 3 is 2.50 bits per heavy atom. The predicted octanol–water partition coefficient (Wildman–Crippen LogP) is 4.01. The van der Waals surface area contributed by atoms with Crippen molar-refractivity contribution in [3.63, 3.8) is 0 Å². The summed E-state index contributed by atoms with van der Waals surface area (Å²) in [5.74, 6) is -0.575. The van der Waals surface area contributed by atoms with E-state index in [4.69, 9.17) is 0 Å². The second-order valence-electron chi connectivity index (χ2n) is 6.40. The summed E-state index contributed by atoms with van der Waals surface area (Å²) in [6, 6.07) is 13.4. The molecule has 0 atom stereocenters. The van der Waals surface area contributed by atoms with Crippen LogP contribution in [0.1, 0.15) is 5.56 Å². The van der Waals surface area contributed by atoms with Crippen molar-refractivity contribution in [2.75, 3.05) is 25.0 Å². The van der Waals surface area contributed by atoms with Gasteiger partial charge < -0.3 is 9.80 Å². The van der Waals surface area contributed by atoms with Gasteiger partial charge in [-0.3, -0.25) is 0 Å². The van der Waals surface area contributed by atoms with E-state index in [2.05, 4.69) is 15.1 Å². The SMILES string of the molecule is CN1CCN(c2ccc(F)cc2)c2ccc(-c3cccnn3)c(F)c2C1. The van der Waals surface area contributed by atoms with Crippen molar-refractivity contribution in [2.24, 2.45) is 0 Å². The molecule has 2 heterocycles. The number of fused-ring (bicyclic) bond motifs is 1. The first kappa shape index (κ1) is 16.6. The van der Waals surface area contributed by atoms with Crippen molar-refractivity contribution in [3.8, 4) is 11.3 Å². The summed E-state index contributed by atoms with van der Waals surface area (Å²) in [4.78, 5) is 4.10. The highest BCUT2D eigenvalue weighted by atomic mass is 19.1. The number of anilines is 2. The van der Waals surface area contributed by atoms with Crippen LogP contribution in [0.15, 0.2) is 54.7 Å². The van der Waals surface area contributed by atoms with Crippen LogP contribution in [0.4, 0.5) is 20.2 Å². The molecular weight excluding hydrogens is 334 g/mol. The lowest BCUT2D eigenvalue weighted by Gasteiger charge is -2.25. The first-order valence-electron chi connectivity index (χ1n) is 8.44. The van der Waals surface area contributed by atoms with E-state index in [1.807, 2.05) is 18.0 Å². The lowest BCUT2D eigenvalue weighted by atomic mass is 10.0. The number of halogens is 2. The van der Waals surface area contributed by atoms with Crippen LogP contribution in [0.3, 0.4) is 0 Å². The molecule has 1 aromatic heterocycles. The van der Waals surface area contributed by atoms with Crippen LogP contribution in [-0.2, 0) is 6.54 Å². The molecule has 4 nitrogen and oxygen atoms in total. The molecule has 0 spiro atoms. The topological polar surface area (TPSA) is 32.3 Å². The monoisotopic (exact) mass is 352 g/mol. The van der Waals surface area contributed by atoms with Gasteiger partial charge in [-0.05, 0) is 55.6 Å². The largest absolute Gasteiger partial charge is 0.340 e. The highest BCUT2D eigenvalue weighted by Crippen LogP contribution is 2.36. The molecule has 0 saturated heterocycles. The third-order valence-corrected chi connectivity index (χ3v) is 4.63. The molecular formula is C20H18F2N4. The molecule has 0 unspecified atom stereocenters. The summed E-state index contributed by atoms with van der Waals surface area (Å²) >= 11 is 0. The molecule has 26 heavy (non-hydrogen) atoms. The van der Waals surface area contributed by atoms with Gasteiger partial charge in [-0.25, -0.2) is 8.78 Å². The summed E-state index contributed by atoms with van der Waals surface area (Å²) < 4.78 is 28.7. The standard InChI is InChI=1S/C20H18F2N4/c1-25-11-12-26(15-6-4-14(21)5-7-15)19-9-8-16(20(22)17(19)13-25)18-3-2-10-23-24-18/h2-10H,11-13H2,1H3. The summed E-state index contributed by atoms with van der Waals surface area (Å²) in [5, 5.41) is 7.87. The van der Waals surface area contributed by atoms with Gasteiger partial charge in [-0.1, -0.05) is 0 Å². The quantitative estimate of drug-likeness (QED) is 0.698. The van der Waals surface area contributed by atoms with Crippen molar-refractivity contribution in [1.82, 2.24) is 15.1 Å². The van der Waals surface area contributed by atoms with Crippen molar-refractivity contribution in [2.45, 2.75) is 6.54 Å². The zero-order chi connectivity index (χ0) is 18.1. The Labute approximate surface area is 150 Å². The van der Waals surface area contributed by atoms with Crippen molar-refractivity contribution in [1.29, 1.82) is 0 Å². The van der Waals surface area contributed by atoms with Crippen LogP contribution in [0.5, 0.6) is 0 Å². The Balaban J connectivity index is 1.84. The third kappa shape index (κ3) is 3.04. The molecule has 6 heteroatoms.